The van der Waals surface area contributed by atoms with Crippen molar-refractivity contribution in [3.63, 3.8) is 0 Å². The molecule has 120 valence electrons. The molecule has 1 heterocycles. The maximum absolute atomic E-state index is 8.91. The number of nitrogens with zero attached hydrogens (tertiary/aromatic N) is 2. The molecule has 0 saturated heterocycles. The number of methoxy groups -OCH3 is 2. The molecule has 0 bridgehead atoms. The highest BCUT2D eigenvalue weighted by molar-refractivity contribution is 6.32. The number of hydrogen-bond donors (Lipinski definition) is 2. The summed E-state index contributed by atoms with van der Waals surface area (Å²) in [6.07, 6.45) is 3.55. The summed E-state index contributed by atoms with van der Waals surface area (Å²) >= 11 is 6.20. The van der Waals surface area contributed by atoms with E-state index in [1.165, 1.54) is 0 Å². The molecule has 2 rings (SSSR count). The third kappa shape index (κ3) is 3.64. The van der Waals surface area contributed by atoms with E-state index in [2.05, 4.69) is 10.4 Å². The van der Waals surface area contributed by atoms with Crippen LogP contribution in [0.1, 0.15) is 18.5 Å². The minimum atomic E-state index is -0.0369. The Kier molecular flexibility index (Phi) is 5.51. The van der Waals surface area contributed by atoms with E-state index in [1.54, 1.807) is 31.2 Å². The molecule has 6 nitrogen and oxygen atoms in total. The Labute approximate surface area is 134 Å². The zero-order valence-corrected chi connectivity index (χ0v) is 13.6. The smallest absolute Gasteiger partial charge is 0.141 e. The second-order valence-electron chi connectivity index (χ2n) is 4.81. The lowest BCUT2D eigenvalue weighted by molar-refractivity contribution is 0.269. The van der Waals surface area contributed by atoms with Gasteiger partial charge in [-0.3, -0.25) is 4.68 Å². The van der Waals surface area contributed by atoms with Crippen LogP contribution in [0.4, 0.5) is 5.69 Å². The van der Waals surface area contributed by atoms with Gasteiger partial charge in [-0.2, -0.15) is 5.10 Å². The summed E-state index contributed by atoms with van der Waals surface area (Å²) in [5.41, 5.74) is 1.78. The van der Waals surface area contributed by atoms with E-state index in [1.807, 2.05) is 19.2 Å². The van der Waals surface area contributed by atoms with Gasteiger partial charge >= 0.3 is 0 Å². The van der Waals surface area contributed by atoms with Gasteiger partial charge in [-0.25, -0.2) is 0 Å². The van der Waals surface area contributed by atoms with Gasteiger partial charge in [0.15, 0.2) is 0 Å². The SMILES string of the molecule is COc1cc(OC)c(C(C)Nc2cnn(CCO)c2)cc1Cl. The summed E-state index contributed by atoms with van der Waals surface area (Å²) in [5, 5.41) is 16.9. The van der Waals surface area contributed by atoms with E-state index in [0.29, 0.717) is 23.1 Å². The molecule has 2 aromatic rings. The van der Waals surface area contributed by atoms with Gasteiger partial charge in [-0.1, -0.05) is 11.6 Å². The first-order valence-electron chi connectivity index (χ1n) is 6.90. The first-order chi connectivity index (χ1) is 10.6. The van der Waals surface area contributed by atoms with Gasteiger partial charge in [-0.15, -0.1) is 0 Å². The maximum Gasteiger partial charge on any atom is 0.141 e. The van der Waals surface area contributed by atoms with E-state index >= 15 is 0 Å². The van der Waals surface area contributed by atoms with Crippen molar-refractivity contribution in [2.75, 3.05) is 26.1 Å². The van der Waals surface area contributed by atoms with Gasteiger partial charge < -0.3 is 19.9 Å². The number of hydrogen-bond acceptors (Lipinski definition) is 5. The molecule has 0 aliphatic heterocycles. The van der Waals surface area contributed by atoms with Crippen LogP contribution >= 0.6 is 11.6 Å². The Morgan fingerprint density at radius 1 is 1.32 bits per heavy atom. The lowest BCUT2D eigenvalue weighted by Gasteiger charge is -2.19. The van der Waals surface area contributed by atoms with Crippen LogP contribution in [-0.4, -0.2) is 35.7 Å². The van der Waals surface area contributed by atoms with E-state index in [-0.39, 0.29) is 12.6 Å². The van der Waals surface area contributed by atoms with Crippen LogP contribution in [0, 0.1) is 0 Å². The molecule has 7 heteroatoms. The zero-order valence-electron chi connectivity index (χ0n) is 12.8. The lowest BCUT2D eigenvalue weighted by atomic mass is 10.1. The molecular weight excluding hydrogens is 306 g/mol. The van der Waals surface area contributed by atoms with Crippen LogP contribution in [0.5, 0.6) is 11.5 Å². The van der Waals surface area contributed by atoms with Gasteiger partial charge in [-0.05, 0) is 13.0 Å². The third-order valence-corrected chi connectivity index (χ3v) is 3.61. The Morgan fingerprint density at radius 3 is 2.68 bits per heavy atom. The van der Waals surface area contributed by atoms with Gasteiger partial charge in [0.2, 0.25) is 0 Å². The first-order valence-corrected chi connectivity index (χ1v) is 7.28. The van der Waals surface area contributed by atoms with Crippen molar-refractivity contribution < 1.29 is 14.6 Å². The minimum Gasteiger partial charge on any atom is -0.496 e. The van der Waals surface area contributed by atoms with E-state index in [9.17, 15) is 0 Å². The Hall–Kier alpha value is -1.92. The highest BCUT2D eigenvalue weighted by Gasteiger charge is 2.16. The van der Waals surface area contributed by atoms with Crippen LogP contribution in [0.15, 0.2) is 24.5 Å². The second-order valence-corrected chi connectivity index (χ2v) is 5.22. The number of rotatable bonds is 7. The molecule has 0 aliphatic rings. The summed E-state index contributed by atoms with van der Waals surface area (Å²) in [6.45, 7) is 2.52. The van der Waals surface area contributed by atoms with Crippen molar-refractivity contribution in [2.45, 2.75) is 19.5 Å². The quantitative estimate of drug-likeness (QED) is 0.819. The van der Waals surface area contributed by atoms with Crippen LogP contribution in [0.2, 0.25) is 5.02 Å². The zero-order chi connectivity index (χ0) is 16.1. The number of halogens is 1. The number of ether oxygens (including phenoxy) is 2. The van der Waals surface area contributed by atoms with E-state index < -0.39 is 0 Å². The fourth-order valence-electron chi connectivity index (χ4n) is 2.21. The Morgan fingerprint density at radius 2 is 2.05 bits per heavy atom. The van der Waals surface area contributed by atoms with Crippen molar-refractivity contribution in [1.82, 2.24) is 9.78 Å². The molecule has 1 atom stereocenters. The van der Waals surface area contributed by atoms with Gasteiger partial charge in [0.25, 0.3) is 0 Å². The monoisotopic (exact) mass is 325 g/mol. The lowest BCUT2D eigenvalue weighted by Crippen LogP contribution is -2.08. The normalized spacial score (nSPS) is 12.0. The Bertz CT molecular complexity index is 630. The van der Waals surface area contributed by atoms with Crippen molar-refractivity contribution >= 4 is 17.3 Å². The second kappa shape index (κ2) is 7.38. The van der Waals surface area contributed by atoms with Crippen LogP contribution in [-0.2, 0) is 6.54 Å². The minimum absolute atomic E-state index is 0.0369. The van der Waals surface area contributed by atoms with Crippen molar-refractivity contribution in [3.8, 4) is 11.5 Å². The highest BCUT2D eigenvalue weighted by atomic mass is 35.5. The van der Waals surface area contributed by atoms with Crippen LogP contribution in [0.3, 0.4) is 0 Å². The van der Waals surface area contributed by atoms with Crippen molar-refractivity contribution in [1.29, 1.82) is 0 Å². The molecule has 2 N–H and O–H groups in total. The van der Waals surface area contributed by atoms with E-state index in [4.69, 9.17) is 26.2 Å². The third-order valence-electron chi connectivity index (χ3n) is 3.32. The van der Waals surface area contributed by atoms with Gasteiger partial charge in [0.05, 0.1) is 50.3 Å². The van der Waals surface area contributed by atoms with Gasteiger partial charge in [0, 0.05) is 17.8 Å². The van der Waals surface area contributed by atoms with Crippen LogP contribution < -0.4 is 14.8 Å². The molecule has 0 saturated carbocycles. The van der Waals surface area contributed by atoms with Gasteiger partial charge in [0.1, 0.15) is 11.5 Å². The molecular formula is C15H20ClN3O3. The number of aliphatic hydroxyl groups excluding tert-OH is 1. The highest BCUT2D eigenvalue weighted by Crippen LogP contribution is 2.36. The molecule has 1 aromatic carbocycles. The van der Waals surface area contributed by atoms with Crippen molar-refractivity contribution in [2.24, 2.45) is 0 Å². The Balaban J connectivity index is 2.20. The summed E-state index contributed by atoms with van der Waals surface area (Å²) in [4.78, 5) is 0. The topological polar surface area (TPSA) is 68.5 Å². The fraction of sp³-hybridized carbons (Fsp3) is 0.400. The largest absolute Gasteiger partial charge is 0.496 e. The predicted octanol–water partition coefficient (Wildman–Crippen LogP) is 2.72. The molecule has 0 aliphatic carbocycles. The summed E-state index contributed by atoms with van der Waals surface area (Å²) in [6, 6.07) is 3.56. The first kappa shape index (κ1) is 16.5. The summed E-state index contributed by atoms with van der Waals surface area (Å²) in [7, 11) is 3.18. The molecule has 1 unspecified atom stereocenters. The average Bonchev–Trinajstić information content (AvgIpc) is 2.94. The van der Waals surface area contributed by atoms with E-state index in [0.717, 1.165) is 11.3 Å². The summed E-state index contributed by atoms with van der Waals surface area (Å²) < 4.78 is 12.3. The number of aliphatic hydroxyl groups is 1. The number of aromatic nitrogens is 2. The molecule has 0 amide bonds. The number of benzene rings is 1. The molecule has 22 heavy (non-hydrogen) atoms. The molecule has 1 aromatic heterocycles. The maximum atomic E-state index is 8.91. The predicted molar refractivity (Wildman–Crippen MR) is 85.9 cm³/mol. The molecule has 0 spiro atoms. The molecule has 0 fully saturated rings. The van der Waals surface area contributed by atoms with Crippen molar-refractivity contribution in [3.05, 3.63) is 35.1 Å². The standard InChI is InChI=1S/C15H20ClN3O3/c1-10(18-11-8-17-19(9-11)4-5-20)12-6-13(16)15(22-3)7-14(12)21-2/h6-10,18,20H,4-5H2,1-3H3. The number of nitrogens with one attached hydrogen (secondary N) is 1. The summed E-state index contributed by atoms with van der Waals surface area (Å²) in [5.74, 6) is 1.27. The molecule has 0 radical (unpaired) electrons. The van der Waals surface area contributed by atoms with Crippen LogP contribution in [0.25, 0.3) is 0 Å². The fourth-order valence-corrected chi connectivity index (χ4v) is 2.46. The average molecular weight is 326 g/mol. The number of anilines is 1.